The quantitative estimate of drug-likeness (QED) is 0.894. The van der Waals surface area contributed by atoms with Crippen molar-refractivity contribution in [2.75, 3.05) is 7.11 Å². The molecule has 2 aromatic rings. The number of hydrogen-bond donors (Lipinski definition) is 2. The van der Waals surface area contributed by atoms with Crippen LogP contribution in [-0.4, -0.2) is 18.9 Å². The fraction of sp³-hybridized carbons (Fsp3) is 0.238. The molecule has 2 aromatic carbocycles. The summed E-state index contributed by atoms with van der Waals surface area (Å²) in [6, 6.07) is 16.7. The second-order valence-electron chi connectivity index (χ2n) is 6.64. The number of fused-ring (bicyclic) bond motifs is 1. The lowest BCUT2D eigenvalue weighted by atomic mass is 9.75. The molecule has 5 nitrogen and oxygen atoms in total. The molecule has 2 aliphatic rings. The van der Waals surface area contributed by atoms with Gasteiger partial charge in [0.15, 0.2) is 0 Å². The van der Waals surface area contributed by atoms with Gasteiger partial charge in [-0.05, 0) is 23.3 Å². The van der Waals surface area contributed by atoms with E-state index < -0.39 is 0 Å². The summed E-state index contributed by atoms with van der Waals surface area (Å²) in [4.78, 5) is 25.1. The number of hydrogen-bond acceptors (Lipinski definition) is 3. The number of carbonyl (C=O) groups is 2. The van der Waals surface area contributed by atoms with Crippen molar-refractivity contribution in [3.05, 3.63) is 77.5 Å². The summed E-state index contributed by atoms with van der Waals surface area (Å²) in [6.07, 6.45) is 2.46. The SMILES string of the molecule is COc1ccc([C@@H]2NC(=O)NC3=C[C@H](c4ccccc4)CC(=O)[C@H]32)cc1. The van der Waals surface area contributed by atoms with E-state index in [1.807, 2.05) is 60.7 Å². The first-order valence-electron chi connectivity index (χ1n) is 8.66. The lowest BCUT2D eigenvalue weighted by Crippen LogP contribution is -2.52. The van der Waals surface area contributed by atoms with Crippen LogP contribution < -0.4 is 15.4 Å². The highest BCUT2D eigenvalue weighted by atomic mass is 16.5. The van der Waals surface area contributed by atoms with Crippen LogP contribution in [-0.2, 0) is 4.79 Å². The number of ether oxygens (including phenoxy) is 1. The fourth-order valence-electron chi connectivity index (χ4n) is 3.77. The van der Waals surface area contributed by atoms with Gasteiger partial charge in [-0.15, -0.1) is 0 Å². The van der Waals surface area contributed by atoms with E-state index in [4.69, 9.17) is 4.74 Å². The number of amides is 2. The van der Waals surface area contributed by atoms with Crippen molar-refractivity contribution in [3.63, 3.8) is 0 Å². The molecule has 0 bridgehead atoms. The Hall–Kier alpha value is -3.08. The standard InChI is InChI=1S/C21H20N2O3/c1-26-16-9-7-14(8-10-16)20-19-17(22-21(25)23-20)11-15(12-18(19)24)13-5-3-2-4-6-13/h2-11,15,19-20H,12H2,1H3,(H2,22,23,25)/t15-,19-,20-/m0/s1. The van der Waals surface area contributed by atoms with Crippen LogP contribution in [0.4, 0.5) is 4.79 Å². The molecule has 0 aromatic heterocycles. The van der Waals surface area contributed by atoms with Gasteiger partial charge >= 0.3 is 6.03 Å². The fourth-order valence-corrected chi connectivity index (χ4v) is 3.77. The minimum Gasteiger partial charge on any atom is -0.497 e. The van der Waals surface area contributed by atoms with Crippen LogP contribution in [0.3, 0.4) is 0 Å². The summed E-state index contributed by atoms with van der Waals surface area (Å²) < 4.78 is 5.19. The molecular weight excluding hydrogens is 328 g/mol. The number of rotatable bonds is 3. The largest absolute Gasteiger partial charge is 0.497 e. The highest BCUT2D eigenvalue weighted by Crippen LogP contribution is 2.39. The van der Waals surface area contributed by atoms with Gasteiger partial charge in [0.2, 0.25) is 0 Å². The van der Waals surface area contributed by atoms with Gasteiger partial charge in [-0.1, -0.05) is 48.5 Å². The van der Waals surface area contributed by atoms with Gasteiger partial charge in [0.25, 0.3) is 0 Å². The Morgan fingerprint density at radius 2 is 1.69 bits per heavy atom. The predicted octanol–water partition coefficient (Wildman–Crippen LogP) is 3.31. The van der Waals surface area contributed by atoms with Crippen molar-refractivity contribution in [2.45, 2.75) is 18.4 Å². The van der Waals surface area contributed by atoms with Crippen molar-refractivity contribution in [3.8, 4) is 5.75 Å². The lowest BCUT2D eigenvalue weighted by molar-refractivity contribution is -0.123. The van der Waals surface area contributed by atoms with Crippen molar-refractivity contribution >= 4 is 11.8 Å². The summed E-state index contributed by atoms with van der Waals surface area (Å²) in [6.45, 7) is 0. The third-order valence-electron chi connectivity index (χ3n) is 5.06. The number of nitrogens with one attached hydrogen (secondary N) is 2. The van der Waals surface area contributed by atoms with Crippen molar-refractivity contribution < 1.29 is 14.3 Å². The van der Waals surface area contributed by atoms with E-state index in [0.29, 0.717) is 12.1 Å². The second-order valence-corrected chi connectivity index (χ2v) is 6.64. The van der Waals surface area contributed by atoms with Crippen molar-refractivity contribution in [2.24, 2.45) is 5.92 Å². The second kappa shape index (κ2) is 6.67. The maximum atomic E-state index is 13.0. The Kier molecular flexibility index (Phi) is 4.21. The average Bonchev–Trinajstić information content (AvgIpc) is 2.67. The van der Waals surface area contributed by atoms with Crippen LogP contribution in [0.5, 0.6) is 5.75 Å². The topological polar surface area (TPSA) is 67.4 Å². The first-order valence-corrected chi connectivity index (χ1v) is 8.66. The zero-order valence-electron chi connectivity index (χ0n) is 14.4. The van der Waals surface area contributed by atoms with Gasteiger partial charge in [0, 0.05) is 18.0 Å². The summed E-state index contributed by atoms with van der Waals surface area (Å²) in [5, 5.41) is 5.74. The van der Waals surface area contributed by atoms with Crippen molar-refractivity contribution in [1.82, 2.24) is 10.6 Å². The van der Waals surface area contributed by atoms with Crippen LogP contribution in [0.15, 0.2) is 66.4 Å². The molecule has 1 saturated heterocycles. The third kappa shape index (κ3) is 2.96. The smallest absolute Gasteiger partial charge is 0.319 e. The molecule has 0 unspecified atom stereocenters. The van der Waals surface area contributed by atoms with E-state index in [-0.39, 0.29) is 29.7 Å². The van der Waals surface area contributed by atoms with Gasteiger partial charge in [-0.2, -0.15) is 0 Å². The number of allylic oxidation sites excluding steroid dienone is 1. The molecule has 2 N–H and O–H groups in total. The predicted molar refractivity (Wildman–Crippen MR) is 97.8 cm³/mol. The number of benzene rings is 2. The Morgan fingerprint density at radius 3 is 2.38 bits per heavy atom. The summed E-state index contributed by atoms with van der Waals surface area (Å²) in [7, 11) is 1.61. The number of Topliss-reactive ketones (excluding diaryl/α,β-unsaturated/α-hetero) is 1. The molecule has 3 atom stereocenters. The van der Waals surface area contributed by atoms with Crippen LogP contribution in [0.1, 0.15) is 29.5 Å². The molecule has 1 fully saturated rings. The van der Waals surface area contributed by atoms with Gasteiger partial charge in [0.1, 0.15) is 11.5 Å². The number of urea groups is 1. The van der Waals surface area contributed by atoms with E-state index in [1.54, 1.807) is 7.11 Å². The van der Waals surface area contributed by atoms with E-state index in [2.05, 4.69) is 10.6 Å². The van der Waals surface area contributed by atoms with Gasteiger partial charge < -0.3 is 15.4 Å². The minimum atomic E-state index is -0.388. The van der Waals surface area contributed by atoms with Gasteiger partial charge in [0.05, 0.1) is 19.1 Å². The molecular formula is C21H20N2O3. The van der Waals surface area contributed by atoms with Crippen LogP contribution in [0.2, 0.25) is 0 Å². The Labute approximate surface area is 152 Å². The monoisotopic (exact) mass is 348 g/mol. The van der Waals surface area contributed by atoms with Gasteiger partial charge in [-0.3, -0.25) is 4.79 Å². The number of carbonyl (C=O) groups excluding carboxylic acids is 2. The minimum absolute atomic E-state index is 0.00938. The molecule has 1 aliphatic carbocycles. The molecule has 26 heavy (non-hydrogen) atoms. The molecule has 4 rings (SSSR count). The highest BCUT2D eigenvalue weighted by molar-refractivity contribution is 5.91. The first-order chi connectivity index (χ1) is 12.7. The van der Waals surface area contributed by atoms with Crippen LogP contribution in [0.25, 0.3) is 0 Å². The molecule has 0 saturated carbocycles. The molecule has 132 valence electrons. The van der Waals surface area contributed by atoms with E-state index in [0.717, 1.165) is 16.9 Å². The summed E-state index contributed by atoms with van der Waals surface area (Å²) in [5.41, 5.74) is 2.67. The molecule has 2 amide bonds. The number of methoxy groups -OCH3 is 1. The molecule has 1 heterocycles. The van der Waals surface area contributed by atoms with Gasteiger partial charge in [-0.25, -0.2) is 4.79 Å². The van der Waals surface area contributed by atoms with Crippen LogP contribution in [0, 0.1) is 5.92 Å². The zero-order valence-corrected chi connectivity index (χ0v) is 14.4. The normalized spacial score (nSPS) is 24.8. The van der Waals surface area contributed by atoms with Crippen LogP contribution >= 0.6 is 0 Å². The average molecular weight is 348 g/mol. The Balaban J connectivity index is 1.69. The highest BCUT2D eigenvalue weighted by Gasteiger charge is 2.41. The molecule has 0 radical (unpaired) electrons. The molecule has 5 heteroatoms. The van der Waals surface area contributed by atoms with E-state index >= 15 is 0 Å². The van der Waals surface area contributed by atoms with E-state index in [1.165, 1.54) is 0 Å². The Morgan fingerprint density at radius 1 is 0.962 bits per heavy atom. The maximum Gasteiger partial charge on any atom is 0.319 e. The molecule has 0 spiro atoms. The third-order valence-corrected chi connectivity index (χ3v) is 5.06. The number of ketones is 1. The molecule has 1 aliphatic heterocycles. The summed E-state index contributed by atoms with van der Waals surface area (Å²) >= 11 is 0. The van der Waals surface area contributed by atoms with E-state index in [9.17, 15) is 9.59 Å². The lowest BCUT2D eigenvalue weighted by Gasteiger charge is -2.38. The van der Waals surface area contributed by atoms with Crippen molar-refractivity contribution in [1.29, 1.82) is 0 Å². The first kappa shape index (κ1) is 16.4. The Bertz CT molecular complexity index is 859. The maximum absolute atomic E-state index is 13.0. The zero-order chi connectivity index (χ0) is 18.1. The summed E-state index contributed by atoms with van der Waals surface area (Å²) in [5.74, 6) is 0.472.